The molecule has 1 aliphatic heterocycles. The Morgan fingerprint density at radius 1 is 1.65 bits per heavy atom. The number of ether oxygens (including phenoxy) is 1. The molecule has 1 aromatic heterocycles. The van der Waals surface area contributed by atoms with Gasteiger partial charge in [0, 0.05) is 12.2 Å². The number of rotatable bonds is 1. The van der Waals surface area contributed by atoms with Crippen LogP contribution in [0.4, 0.5) is 0 Å². The van der Waals surface area contributed by atoms with Crippen molar-refractivity contribution in [3.63, 3.8) is 0 Å². The molecule has 0 aromatic carbocycles. The van der Waals surface area contributed by atoms with Crippen molar-refractivity contribution >= 4 is 5.91 Å². The monoisotopic (exact) mass is 231 g/mol. The van der Waals surface area contributed by atoms with Gasteiger partial charge >= 0.3 is 0 Å². The molecule has 1 saturated heterocycles. The zero-order valence-corrected chi connectivity index (χ0v) is 9.59. The Bertz CT molecular complexity index is 467. The number of morpholine rings is 1. The van der Waals surface area contributed by atoms with Gasteiger partial charge in [-0.15, -0.1) is 0 Å². The molecule has 88 valence electrons. The van der Waals surface area contributed by atoms with Gasteiger partial charge in [0.1, 0.15) is 5.69 Å². The molecule has 1 atom stereocenters. The van der Waals surface area contributed by atoms with Crippen molar-refractivity contribution in [2.75, 3.05) is 19.7 Å². The third-order valence-corrected chi connectivity index (χ3v) is 2.61. The van der Waals surface area contributed by atoms with Gasteiger partial charge in [0.05, 0.1) is 19.2 Å². The van der Waals surface area contributed by atoms with Crippen LogP contribution in [0.3, 0.4) is 0 Å². The van der Waals surface area contributed by atoms with Crippen LogP contribution >= 0.6 is 0 Å². The predicted molar refractivity (Wildman–Crippen MR) is 60.2 cm³/mol. The maximum Gasteiger partial charge on any atom is 0.272 e. The molecule has 1 amide bonds. The third-order valence-electron chi connectivity index (χ3n) is 2.61. The Hall–Kier alpha value is -1.93. The molecule has 2 rings (SSSR count). The highest BCUT2D eigenvalue weighted by atomic mass is 16.5. The van der Waals surface area contributed by atoms with Gasteiger partial charge in [-0.2, -0.15) is 5.26 Å². The molecule has 5 nitrogen and oxygen atoms in total. The predicted octanol–water partition coefficient (Wildman–Crippen LogP) is 0.755. The standard InChI is InChI=1S/C12H13N3O2/c1-9-3-2-4-11(14-9)12(16)15-5-6-17-10(7-13)8-15/h2-4,10H,5-6,8H2,1H3. The molecule has 0 radical (unpaired) electrons. The van der Waals surface area contributed by atoms with Gasteiger partial charge in [-0.3, -0.25) is 4.79 Å². The molecule has 0 N–H and O–H groups in total. The second-order valence-corrected chi connectivity index (χ2v) is 3.90. The van der Waals surface area contributed by atoms with Crippen LogP contribution in [0.1, 0.15) is 16.2 Å². The Labute approximate surface area is 99.6 Å². The first-order valence-electron chi connectivity index (χ1n) is 5.45. The Morgan fingerprint density at radius 2 is 2.47 bits per heavy atom. The first-order chi connectivity index (χ1) is 8.20. The van der Waals surface area contributed by atoms with E-state index in [9.17, 15) is 4.79 Å². The number of hydrogen-bond acceptors (Lipinski definition) is 4. The zero-order valence-electron chi connectivity index (χ0n) is 9.59. The number of pyridine rings is 1. The molecule has 5 heteroatoms. The van der Waals surface area contributed by atoms with E-state index in [0.717, 1.165) is 5.69 Å². The number of aromatic nitrogens is 1. The van der Waals surface area contributed by atoms with Crippen LogP contribution in [0.5, 0.6) is 0 Å². The molecular weight excluding hydrogens is 218 g/mol. The highest BCUT2D eigenvalue weighted by Crippen LogP contribution is 2.09. The van der Waals surface area contributed by atoms with E-state index in [0.29, 0.717) is 25.4 Å². The SMILES string of the molecule is Cc1cccc(C(=O)N2CCOC(C#N)C2)n1. The van der Waals surface area contributed by atoms with Gasteiger partial charge in [-0.05, 0) is 19.1 Å². The zero-order chi connectivity index (χ0) is 12.3. The molecule has 1 unspecified atom stereocenters. The Morgan fingerprint density at radius 3 is 3.18 bits per heavy atom. The molecule has 1 fully saturated rings. The number of nitrogens with zero attached hydrogens (tertiary/aromatic N) is 3. The maximum absolute atomic E-state index is 12.1. The minimum Gasteiger partial charge on any atom is -0.360 e. The van der Waals surface area contributed by atoms with E-state index in [1.54, 1.807) is 17.0 Å². The molecule has 1 aromatic rings. The summed E-state index contributed by atoms with van der Waals surface area (Å²) in [5.41, 5.74) is 1.23. The number of nitriles is 1. The summed E-state index contributed by atoms with van der Waals surface area (Å²) in [5.74, 6) is -0.141. The topological polar surface area (TPSA) is 66.2 Å². The van der Waals surface area contributed by atoms with E-state index in [-0.39, 0.29) is 5.91 Å². The summed E-state index contributed by atoms with van der Waals surface area (Å²) >= 11 is 0. The third kappa shape index (κ3) is 2.60. The van der Waals surface area contributed by atoms with Crippen LogP contribution in [0.25, 0.3) is 0 Å². The van der Waals surface area contributed by atoms with Crippen molar-refractivity contribution in [3.05, 3.63) is 29.6 Å². The van der Waals surface area contributed by atoms with E-state index in [1.807, 2.05) is 19.1 Å². The van der Waals surface area contributed by atoms with E-state index in [2.05, 4.69) is 4.98 Å². The van der Waals surface area contributed by atoms with Gasteiger partial charge in [0.25, 0.3) is 5.91 Å². The quantitative estimate of drug-likeness (QED) is 0.715. The lowest BCUT2D eigenvalue weighted by Gasteiger charge is -2.29. The summed E-state index contributed by atoms with van der Waals surface area (Å²) in [6.07, 6.45) is -0.530. The number of carbonyl (C=O) groups is 1. The largest absolute Gasteiger partial charge is 0.360 e. The summed E-state index contributed by atoms with van der Waals surface area (Å²) in [5, 5.41) is 8.78. The molecule has 2 heterocycles. The van der Waals surface area contributed by atoms with Crippen LogP contribution in [0.2, 0.25) is 0 Å². The fourth-order valence-electron chi connectivity index (χ4n) is 1.74. The smallest absolute Gasteiger partial charge is 0.272 e. The van der Waals surface area contributed by atoms with Gasteiger partial charge in [0.2, 0.25) is 0 Å². The second kappa shape index (κ2) is 4.93. The van der Waals surface area contributed by atoms with Crippen molar-refractivity contribution in [2.45, 2.75) is 13.0 Å². The number of hydrogen-bond donors (Lipinski definition) is 0. The summed E-state index contributed by atoms with van der Waals surface area (Å²) in [7, 11) is 0. The van der Waals surface area contributed by atoms with Crippen molar-refractivity contribution in [1.82, 2.24) is 9.88 Å². The molecular formula is C12H13N3O2. The first kappa shape index (κ1) is 11.6. The maximum atomic E-state index is 12.1. The lowest BCUT2D eigenvalue weighted by atomic mass is 10.2. The van der Waals surface area contributed by atoms with E-state index in [4.69, 9.17) is 10.00 Å². The van der Waals surface area contributed by atoms with Crippen LogP contribution in [-0.2, 0) is 4.74 Å². The lowest BCUT2D eigenvalue weighted by Crippen LogP contribution is -2.45. The van der Waals surface area contributed by atoms with Gasteiger partial charge < -0.3 is 9.64 Å². The average molecular weight is 231 g/mol. The summed E-state index contributed by atoms with van der Waals surface area (Å²) in [4.78, 5) is 17.9. The van der Waals surface area contributed by atoms with Gasteiger partial charge in [-0.25, -0.2) is 4.98 Å². The molecule has 0 aliphatic carbocycles. The fraction of sp³-hybridized carbons (Fsp3) is 0.417. The van der Waals surface area contributed by atoms with Crippen molar-refractivity contribution in [3.8, 4) is 6.07 Å². The molecule has 0 bridgehead atoms. The lowest BCUT2D eigenvalue weighted by molar-refractivity contribution is 0.00319. The van der Waals surface area contributed by atoms with Crippen LogP contribution in [-0.4, -0.2) is 41.6 Å². The minimum atomic E-state index is -0.530. The average Bonchev–Trinajstić information content (AvgIpc) is 2.38. The minimum absolute atomic E-state index is 0.141. The molecule has 1 aliphatic rings. The summed E-state index contributed by atoms with van der Waals surface area (Å²) < 4.78 is 5.19. The van der Waals surface area contributed by atoms with Crippen LogP contribution in [0, 0.1) is 18.3 Å². The van der Waals surface area contributed by atoms with E-state index < -0.39 is 6.10 Å². The fourth-order valence-corrected chi connectivity index (χ4v) is 1.74. The summed E-state index contributed by atoms with van der Waals surface area (Å²) in [6.45, 7) is 3.06. The van der Waals surface area contributed by atoms with E-state index in [1.165, 1.54) is 0 Å². The van der Waals surface area contributed by atoms with Crippen molar-refractivity contribution in [2.24, 2.45) is 0 Å². The summed E-state index contributed by atoms with van der Waals surface area (Å²) in [6, 6.07) is 7.35. The number of amides is 1. The second-order valence-electron chi connectivity index (χ2n) is 3.90. The molecule has 17 heavy (non-hydrogen) atoms. The highest BCUT2D eigenvalue weighted by Gasteiger charge is 2.25. The molecule has 0 saturated carbocycles. The number of aryl methyl sites for hydroxylation is 1. The van der Waals surface area contributed by atoms with E-state index >= 15 is 0 Å². The van der Waals surface area contributed by atoms with Gasteiger partial charge in [0.15, 0.2) is 6.10 Å². The van der Waals surface area contributed by atoms with Crippen molar-refractivity contribution in [1.29, 1.82) is 5.26 Å². The van der Waals surface area contributed by atoms with Gasteiger partial charge in [-0.1, -0.05) is 6.07 Å². The Kier molecular flexibility index (Phi) is 3.35. The van der Waals surface area contributed by atoms with Crippen LogP contribution in [0.15, 0.2) is 18.2 Å². The molecule has 0 spiro atoms. The number of carbonyl (C=O) groups excluding carboxylic acids is 1. The highest BCUT2D eigenvalue weighted by molar-refractivity contribution is 5.92. The first-order valence-corrected chi connectivity index (χ1v) is 5.45. The van der Waals surface area contributed by atoms with Crippen LogP contribution < -0.4 is 0 Å². The normalized spacial score (nSPS) is 19.8. The Balaban J connectivity index is 2.12. The van der Waals surface area contributed by atoms with Crippen molar-refractivity contribution < 1.29 is 9.53 Å².